The van der Waals surface area contributed by atoms with Gasteiger partial charge in [0.1, 0.15) is 0 Å². The zero-order chi connectivity index (χ0) is 14.7. The first-order chi connectivity index (χ1) is 9.51. The second-order valence-corrected chi connectivity index (χ2v) is 6.47. The van der Waals surface area contributed by atoms with Gasteiger partial charge < -0.3 is 10.8 Å². The molecule has 1 heterocycles. The van der Waals surface area contributed by atoms with Gasteiger partial charge in [0.05, 0.1) is 6.10 Å². The molecule has 0 spiro atoms. The van der Waals surface area contributed by atoms with Crippen LogP contribution in [-0.4, -0.2) is 29.1 Å². The van der Waals surface area contributed by atoms with Gasteiger partial charge in [-0.05, 0) is 36.3 Å². The largest absolute Gasteiger partial charge is 0.387 e. The Morgan fingerprint density at radius 2 is 1.90 bits per heavy atom. The number of nitrogens with zero attached hydrogens (tertiary/aromatic N) is 1. The van der Waals surface area contributed by atoms with Crippen molar-refractivity contribution < 1.29 is 5.11 Å². The van der Waals surface area contributed by atoms with E-state index in [1.165, 1.54) is 6.42 Å². The van der Waals surface area contributed by atoms with Crippen molar-refractivity contribution in [2.75, 3.05) is 13.1 Å². The van der Waals surface area contributed by atoms with E-state index in [-0.39, 0.29) is 0 Å². The predicted molar refractivity (Wildman–Crippen MR) is 83.3 cm³/mol. The average molecular weight is 276 g/mol. The number of β-amino-alcohol motifs (C(OH)–C–C–N with tert-alkyl or cyclic N) is 1. The van der Waals surface area contributed by atoms with Crippen LogP contribution >= 0.6 is 0 Å². The number of nitrogens with two attached hydrogens (primary N) is 1. The van der Waals surface area contributed by atoms with E-state index in [4.69, 9.17) is 5.73 Å². The predicted octanol–water partition coefficient (Wildman–Crippen LogP) is 2.55. The van der Waals surface area contributed by atoms with E-state index in [1.54, 1.807) is 0 Å². The molecular formula is C17H28N2O. The maximum absolute atomic E-state index is 10.5. The van der Waals surface area contributed by atoms with Gasteiger partial charge in [0.25, 0.3) is 0 Å². The highest BCUT2D eigenvalue weighted by Gasteiger charge is 2.29. The zero-order valence-electron chi connectivity index (χ0n) is 12.9. The molecule has 0 aliphatic carbocycles. The molecule has 0 aromatic heterocycles. The topological polar surface area (TPSA) is 49.5 Å². The summed E-state index contributed by atoms with van der Waals surface area (Å²) >= 11 is 0. The fourth-order valence-corrected chi connectivity index (χ4v) is 3.28. The summed E-state index contributed by atoms with van der Waals surface area (Å²) < 4.78 is 0. The van der Waals surface area contributed by atoms with Crippen LogP contribution in [-0.2, 0) is 6.54 Å². The Kier molecular flexibility index (Phi) is 5.19. The fraction of sp³-hybridized carbons (Fsp3) is 0.647. The minimum absolute atomic E-state index is 0.415. The molecule has 4 atom stereocenters. The van der Waals surface area contributed by atoms with Crippen LogP contribution < -0.4 is 5.73 Å². The van der Waals surface area contributed by atoms with Crippen molar-refractivity contribution in [3.8, 4) is 0 Å². The quantitative estimate of drug-likeness (QED) is 0.888. The highest BCUT2D eigenvalue weighted by molar-refractivity contribution is 5.24. The lowest BCUT2D eigenvalue weighted by Gasteiger charge is -2.42. The van der Waals surface area contributed by atoms with Gasteiger partial charge in [-0.3, -0.25) is 4.90 Å². The van der Waals surface area contributed by atoms with E-state index in [0.717, 1.165) is 24.2 Å². The summed E-state index contributed by atoms with van der Waals surface area (Å²) in [5.41, 5.74) is 7.70. The molecule has 1 aromatic carbocycles. The molecule has 1 saturated heterocycles. The van der Waals surface area contributed by atoms with Gasteiger partial charge in [-0.15, -0.1) is 0 Å². The molecule has 0 saturated carbocycles. The highest BCUT2D eigenvalue weighted by atomic mass is 16.3. The number of aliphatic hydroxyl groups is 1. The van der Waals surface area contributed by atoms with E-state index in [0.29, 0.717) is 24.4 Å². The fourth-order valence-electron chi connectivity index (χ4n) is 3.28. The van der Waals surface area contributed by atoms with Crippen molar-refractivity contribution in [1.29, 1.82) is 0 Å². The zero-order valence-corrected chi connectivity index (χ0v) is 12.9. The first-order valence-electron chi connectivity index (χ1n) is 7.72. The third-order valence-corrected chi connectivity index (χ3v) is 4.73. The highest BCUT2D eigenvalue weighted by Crippen LogP contribution is 2.28. The van der Waals surface area contributed by atoms with E-state index < -0.39 is 6.10 Å². The van der Waals surface area contributed by atoms with Gasteiger partial charge in [0.2, 0.25) is 0 Å². The van der Waals surface area contributed by atoms with E-state index in [2.05, 4.69) is 25.7 Å². The van der Waals surface area contributed by atoms with E-state index in [9.17, 15) is 5.11 Å². The molecule has 1 aliphatic rings. The van der Waals surface area contributed by atoms with Crippen LogP contribution in [0.4, 0.5) is 0 Å². The minimum Gasteiger partial charge on any atom is -0.387 e. The second kappa shape index (κ2) is 6.70. The number of likely N-dealkylation sites (tertiary alicyclic amines) is 1. The van der Waals surface area contributed by atoms with Gasteiger partial charge in [0, 0.05) is 25.7 Å². The number of benzene rings is 1. The molecule has 1 aliphatic heterocycles. The Balaban J connectivity index is 2.00. The van der Waals surface area contributed by atoms with Gasteiger partial charge in [0.15, 0.2) is 0 Å². The molecule has 4 unspecified atom stereocenters. The van der Waals surface area contributed by atoms with Crippen molar-refractivity contribution in [2.24, 2.45) is 17.6 Å². The van der Waals surface area contributed by atoms with Crippen molar-refractivity contribution in [2.45, 2.75) is 45.9 Å². The Hall–Kier alpha value is -0.900. The Morgan fingerprint density at radius 1 is 1.25 bits per heavy atom. The smallest absolute Gasteiger partial charge is 0.0917 e. The summed E-state index contributed by atoms with van der Waals surface area (Å²) in [5.74, 6) is 1.42. The maximum atomic E-state index is 10.5. The standard InChI is InChI=1S/C17H28N2O/c1-12-8-13(2)14(3)19(10-12)11-17(20)16-6-4-15(9-18)5-7-16/h4-7,12-14,17,20H,8-11,18H2,1-3H3. The van der Waals surface area contributed by atoms with Gasteiger partial charge in [-0.1, -0.05) is 38.1 Å². The average Bonchev–Trinajstić information content (AvgIpc) is 2.44. The molecule has 20 heavy (non-hydrogen) atoms. The third-order valence-electron chi connectivity index (χ3n) is 4.73. The minimum atomic E-state index is -0.415. The van der Waals surface area contributed by atoms with Crippen LogP contribution in [0.3, 0.4) is 0 Å². The molecular weight excluding hydrogens is 248 g/mol. The molecule has 1 fully saturated rings. The first kappa shape index (κ1) is 15.5. The summed E-state index contributed by atoms with van der Waals surface area (Å²) in [4.78, 5) is 2.43. The lowest BCUT2D eigenvalue weighted by molar-refractivity contribution is 0.0316. The van der Waals surface area contributed by atoms with Crippen LogP contribution in [0.25, 0.3) is 0 Å². The van der Waals surface area contributed by atoms with Crippen molar-refractivity contribution in [1.82, 2.24) is 4.90 Å². The molecule has 112 valence electrons. The molecule has 3 nitrogen and oxygen atoms in total. The summed E-state index contributed by atoms with van der Waals surface area (Å²) in [6.45, 7) is 9.25. The monoisotopic (exact) mass is 276 g/mol. The van der Waals surface area contributed by atoms with Crippen molar-refractivity contribution in [3.05, 3.63) is 35.4 Å². The molecule has 1 aromatic rings. The molecule has 2 rings (SSSR count). The van der Waals surface area contributed by atoms with E-state index >= 15 is 0 Å². The number of hydrogen-bond acceptors (Lipinski definition) is 3. The molecule has 0 bridgehead atoms. The second-order valence-electron chi connectivity index (χ2n) is 6.47. The van der Waals surface area contributed by atoms with Gasteiger partial charge >= 0.3 is 0 Å². The molecule has 0 amide bonds. The van der Waals surface area contributed by atoms with Crippen LogP contribution in [0.5, 0.6) is 0 Å². The Labute approximate surface area is 122 Å². The normalized spacial score (nSPS) is 29.4. The molecule has 3 N–H and O–H groups in total. The van der Waals surface area contributed by atoms with Crippen LogP contribution in [0.15, 0.2) is 24.3 Å². The third kappa shape index (κ3) is 3.60. The van der Waals surface area contributed by atoms with Crippen molar-refractivity contribution in [3.63, 3.8) is 0 Å². The van der Waals surface area contributed by atoms with Crippen molar-refractivity contribution >= 4 is 0 Å². The van der Waals surface area contributed by atoms with Gasteiger partial charge in [-0.2, -0.15) is 0 Å². The number of aliphatic hydroxyl groups excluding tert-OH is 1. The number of hydrogen-bond donors (Lipinski definition) is 2. The summed E-state index contributed by atoms with van der Waals surface area (Å²) in [5, 5.41) is 10.5. The lowest BCUT2D eigenvalue weighted by Crippen LogP contribution is -2.47. The maximum Gasteiger partial charge on any atom is 0.0917 e. The number of rotatable bonds is 4. The molecule has 0 radical (unpaired) electrons. The molecule has 3 heteroatoms. The Morgan fingerprint density at radius 3 is 2.50 bits per heavy atom. The SMILES string of the molecule is CC1CC(C)C(C)N(CC(O)c2ccc(CN)cc2)C1. The number of piperidine rings is 1. The summed E-state index contributed by atoms with van der Waals surface area (Å²) in [6, 6.07) is 8.54. The van der Waals surface area contributed by atoms with Crippen LogP contribution in [0.2, 0.25) is 0 Å². The van der Waals surface area contributed by atoms with Crippen LogP contribution in [0.1, 0.15) is 44.4 Å². The summed E-state index contributed by atoms with van der Waals surface area (Å²) in [6.07, 6.45) is 0.876. The lowest BCUT2D eigenvalue weighted by atomic mass is 9.85. The first-order valence-corrected chi connectivity index (χ1v) is 7.72. The van der Waals surface area contributed by atoms with E-state index in [1.807, 2.05) is 24.3 Å². The van der Waals surface area contributed by atoms with Crippen LogP contribution in [0, 0.1) is 11.8 Å². The summed E-state index contributed by atoms with van der Waals surface area (Å²) in [7, 11) is 0. The Bertz CT molecular complexity index is 418. The van der Waals surface area contributed by atoms with Gasteiger partial charge in [-0.25, -0.2) is 0 Å².